The first-order valence-corrected chi connectivity index (χ1v) is 4.46. The van der Waals surface area contributed by atoms with Crippen LogP contribution in [0.1, 0.15) is 5.69 Å². The van der Waals surface area contributed by atoms with Crippen molar-refractivity contribution in [3.05, 3.63) is 35.8 Å². The topological polar surface area (TPSA) is 14.2 Å². The molecule has 74 valence electrons. The third kappa shape index (κ3) is 1.30. The number of hydrogen-bond acceptors (Lipinski definition) is 1. The van der Waals surface area contributed by atoms with Crippen LogP contribution in [-0.2, 0) is 18.4 Å². The Morgan fingerprint density at radius 2 is 2.21 bits per heavy atom. The summed E-state index contributed by atoms with van der Waals surface area (Å²) in [6.07, 6.45) is 0. The minimum Gasteiger partial charge on any atom is -0.378 e. The minimum atomic E-state index is -0.180. The fraction of sp³-hybridized carbons (Fsp3) is 0.273. The lowest BCUT2D eigenvalue weighted by Gasteiger charge is -2.01. The summed E-state index contributed by atoms with van der Waals surface area (Å²) in [7, 11) is 3.55. The van der Waals surface area contributed by atoms with E-state index in [0.717, 1.165) is 11.2 Å². The number of halogens is 1. The van der Waals surface area contributed by atoms with Crippen molar-refractivity contribution in [2.75, 3.05) is 7.11 Å². The van der Waals surface area contributed by atoms with Gasteiger partial charge in [-0.15, -0.1) is 0 Å². The fourth-order valence-corrected chi connectivity index (χ4v) is 1.67. The van der Waals surface area contributed by atoms with E-state index >= 15 is 0 Å². The maximum absolute atomic E-state index is 13.4. The predicted octanol–water partition coefficient (Wildman–Crippen LogP) is 2.46. The van der Waals surface area contributed by atoms with Crippen molar-refractivity contribution >= 4 is 10.9 Å². The molecule has 0 radical (unpaired) electrons. The first-order valence-electron chi connectivity index (χ1n) is 4.46. The van der Waals surface area contributed by atoms with E-state index in [2.05, 4.69) is 0 Å². The van der Waals surface area contributed by atoms with Crippen LogP contribution in [0.25, 0.3) is 10.9 Å². The Morgan fingerprint density at radius 1 is 1.43 bits per heavy atom. The first kappa shape index (κ1) is 9.21. The Morgan fingerprint density at radius 3 is 2.86 bits per heavy atom. The van der Waals surface area contributed by atoms with Gasteiger partial charge in [-0.2, -0.15) is 0 Å². The minimum absolute atomic E-state index is 0.180. The molecule has 2 aromatic rings. The average molecular weight is 193 g/mol. The van der Waals surface area contributed by atoms with Gasteiger partial charge in [0.2, 0.25) is 0 Å². The van der Waals surface area contributed by atoms with Gasteiger partial charge in [0.1, 0.15) is 5.82 Å². The smallest absolute Gasteiger partial charge is 0.132 e. The summed E-state index contributed by atoms with van der Waals surface area (Å²) < 4.78 is 20.3. The zero-order valence-corrected chi connectivity index (χ0v) is 8.25. The zero-order chi connectivity index (χ0) is 10.1. The van der Waals surface area contributed by atoms with Crippen LogP contribution in [-0.4, -0.2) is 11.7 Å². The zero-order valence-electron chi connectivity index (χ0n) is 8.25. The molecule has 2 nitrogen and oxygen atoms in total. The van der Waals surface area contributed by atoms with Crippen LogP contribution in [0.4, 0.5) is 4.39 Å². The van der Waals surface area contributed by atoms with Crippen molar-refractivity contribution < 1.29 is 9.13 Å². The average Bonchev–Trinajstić information content (AvgIpc) is 2.48. The van der Waals surface area contributed by atoms with E-state index in [1.54, 1.807) is 13.2 Å². The van der Waals surface area contributed by atoms with Gasteiger partial charge in [-0.1, -0.05) is 6.07 Å². The van der Waals surface area contributed by atoms with E-state index in [1.165, 1.54) is 6.07 Å². The summed E-state index contributed by atoms with van der Waals surface area (Å²) in [5, 5.41) is 0.655. The molecule has 0 aliphatic heterocycles. The summed E-state index contributed by atoms with van der Waals surface area (Å²) in [6, 6.07) is 6.92. The van der Waals surface area contributed by atoms with Crippen LogP contribution in [0.3, 0.4) is 0 Å². The Balaban J connectivity index is 2.67. The Bertz CT molecular complexity index is 462. The van der Waals surface area contributed by atoms with Crippen LogP contribution in [0.15, 0.2) is 24.3 Å². The molecule has 1 heterocycles. The molecule has 0 saturated heterocycles. The van der Waals surface area contributed by atoms with E-state index in [4.69, 9.17) is 4.74 Å². The van der Waals surface area contributed by atoms with E-state index in [0.29, 0.717) is 12.0 Å². The molecule has 3 heteroatoms. The number of fused-ring (bicyclic) bond motifs is 1. The molecule has 0 aliphatic rings. The lowest BCUT2D eigenvalue weighted by molar-refractivity contribution is 0.179. The molecule has 0 bridgehead atoms. The highest BCUT2D eigenvalue weighted by Crippen LogP contribution is 2.21. The number of methoxy groups -OCH3 is 1. The summed E-state index contributed by atoms with van der Waals surface area (Å²) in [5.41, 5.74) is 1.88. The molecule has 14 heavy (non-hydrogen) atoms. The third-order valence-electron chi connectivity index (χ3n) is 2.43. The molecule has 0 aliphatic carbocycles. The lowest BCUT2D eigenvalue weighted by Crippen LogP contribution is -1.96. The molecule has 0 unspecified atom stereocenters. The number of hydrogen-bond donors (Lipinski definition) is 0. The maximum atomic E-state index is 13.4. The SMILES string of the molecule is COCc1cc2c(F)cccc2n1C. The van der Waals surface area contributed by atoms with Gasteiger partial charge in [-0.05, 0) is 18.2 Å². The van der Waals surface area contributed by atoms with E-state index in [-0.39, 0.29) is 5.82 Å². The second-order valence-electron chi connectivity index (χ2n) is 3.30. The summed E-state index contributed by atoms with van der Waals surface area (Å²) in [6.45, 7) is 0.505. The third-order valence-corrected chi connectivity index (χ3v) is 2.43. The molecule has 0 fully saturated rings. The lowest BCUT2D eigenvalue weighted by atomic mass is 10.2. The molecule has 1 aromatic heterocycles. The summed E-state index contributed by atoms with van der Waals surface area (Å²) >= 11 is 0. The Kier molecular flexibility index (Phi) is 2.25. The number of aryl methyl sites for hydroxylation is 1. The van der Waals surface area contributed by atoms with Crippen molar-refractivity contribution in [2.45, 2.75) is 6.61 Å². The van der Waals surface area contributed by atoms with Crippen LogP contribution in [0, 0.1) is 5.82 Å². The van der Waals surface area contributed by atoms with Crippen LogP contribution >= 0.6 is 0 Å². The maximum Gasteiger partial charge on any atom is 0.132 e. The highest BCUT2D eigenvalue weighted by Gasteiger charge is 2.07. The van der Waals surface area contributed by atoms with Crippen molar-refractivity contribution in [3.8, 4) is 0 Å². The molecule has 0 saturated carbocycles. The summed E-state index contributed by atoms with van der Waals surface area (Å²) in [4.78, 5) is 0. The molecule has 0 spiro atoms. The molecule has 0 amide bonds. The molecule has 1 aromatic carbocycles. The van der Waals surface area contributed by atoms with Crippen molar-refractivity contribution in [1.29, 1.82) is 0 Å². The van der Waals surface area contributed by atoms with Crippen LogP contribution in [0.2, 0.25) is 0 Å². The van der Waals surface area contributed by atoms with Crippen LogP contribution in [0.5, 0.6) is 0 Å². The molecular weight excluding hydrogens is 181 g/mol. The second-order valence-corrected chi connectivity index (χ2v) is 3.30. The quantitative estimate of drug-likeness (QED) is 0.714. The van der Waals surface area contributed by atoms with Gasteiger partial charge in [-0.25, -0.2) is 4.39 Å². The second kappa shape index (κ2) is 3.42. The van der Waals surface area contributed by atoms with Crippen molar-refractivity contribution in [2.24, 2.45) is 7.05 Å². The monoisotopic (exact) mass is 193 g/mol. The largest absolute Gasteiger partial charge is 0.378 e. The van der Waals surface area contributed by atoms with Crippen molar-refractivity contribution in [1.82, 2.24) is 4.57 Å². The normalized spacial score (nSPS) is 11.1. The van der Waals surface area contributed by atoms with Gasteiger partial charge in [0, 0.05) is 25.2 Å². The number of aromatic nitrogens is 1. The first-order chi connectivity index (χ1) is 6.74. The Labute approximate surface area is 81.9 Å². The highest BCUT2D eigenvalue weighted by molar-refractivity contribution is 5.81. The summed E-state index contributed by atoms with van der Waals surface area (Å²) in [5.74, 6) is -0.180. The van der Waals surface area contributed by atoms with Gasteiger partial charge in [0.25, 0.3) is 0 Å². The van der Waals surface area contributed by atoms with Gasteiger partial charge in [-0.3, -0.25) is 0 Å². The Hall–Kier alpha value is -1.35. The highest BCUT2D eigenvalue weighted by atomic mass is 19.1. The predicted molar refractivity (Wildman–Crippen MR) is 53.6 cm³/mol. The van der Waals surface area contributed by atoms with Gasteiger partial charge >= 0.3 is 0 Å². The molecule has 2 rings (SSSR count). The molecule has 0 N–H and O–H groups in total. The van der Waals surface area contributed by atoms with Crippen LogP contribution < -0.4 is 0 Å². The van der Waals surface area contributed by atoms with Gasteiger partial charge in [0.05, 0.1) is 12.1 Å². The number of nitrogens with zero attached hydrogens (tertiary/aromatic N) is 1. The molecular formula is C11H12FNO. The molecule has 0 atom stereocenters. The number of rotatable bonds is 2. The van der Waals surface area contributed by atoms with E-state index in [9.17, 15) is 4.39 Å². The standard InChI is InChI=1S/C11H12FNO/c1-13-8(7-14-2)6-9-10(12)4-3-5-11(9)13/h3-6H,7H2,1-2H3. The van der Waals surface area contributed by atoms with Gasteiger partial charge < -0.3 is 9.30 Å². The van der Waals surface area contributed by atoms with E-state index < -0.39 is 0 Å². The van der Waals surface area contributed by atoms with Crippen molar-refractivity contribution in [3.63, 3.8) is 0 Å². The van der Waals surface area contributed by atoms with Gasteiger partial charge in [0.15, 0.2) is 0 Å². The number of ether oxygens (including phenoxy) is 1. The number of benzene rings is 1. The fourth-order valence-electron chi connectivity index (χ4n) is 1.67. The van der Waals surface area contributed by atoms with E-state index in [1.807, 2.05) is 23.7 Å².